The van der Waals surface area contributed by atoms with E-state index in [9.17, 15) is 14.7 Å². The van der Waals surface area contributed by atoms with Gasteiger partial charge in [0.05, 0.1) is 18.2 Å². The van der Waals surface area contributed by atoms with Gasteiger partial charge in [-0.05, 0) is 36.2 Å². The molecule has 3 rings (SSSR count). The molecule has 1 aromatic heterocycles. The van der Waals surface area contributed by atoms with E-state index in [1.54, 1.807) is 24.3 Å². The smallest absolute Gasteiger partial charge is 0.278 e. The van der Waals surface area contributed by atoms with Crippen molar-refractivity contribution in [3.05, 3.63) is 58.7 Å². The number of nitrogens with zero attached hydrogens (tertiary/aromatic N) is 1. The average molecular weight is 429 g/mol. The highest BCUT2D eigenvalue weighted by molar-refractivity contribution is 6.31. The number of carbonyl (C=O) groups excluding carboxylic acids is 2. The molecule has 0 spiro atoms. The van der Waals surface area contributed by atoms with Gasteiger partial charge in [0.2, 0.25) is 0 Å². The minimum absolute atomic E-state index is 0.0185. The molecule has 0 fully saturated rings. The van der Waals surface area contributed by atoms with Gasteiger partial charge in [0.15, 0.2) is 0 Å². The van der Waals surface area contributed by atoms with Crippen molar-refractivity contribution in [1.29, 1.82) is 0 Å². The molecular formula is C22H21ClN2O5. The third-order valence-corrected chi connectivity index (χ3v) is 4.78. The van der Waals surface area contributed by atoms with Crippen molar-refractivity contribution in [2.24, 2.45) is 0 Å². The molecule has 0 atom stereocenters. The number of aromatic hydroxyl groups is 1. The van der Waals surface area contributed by atoms with Gasteiger partial charge in [-0.25, -0.2) is 5.48 Å². The number of hydrogen-bond acceptors (Lipinski definition) is 6. The first kappa shape index (κ1) is 21.5. The molecule has 2 N–H and O–H groups in total. The predicted octanol–water partition coefficient (Wildman–Crippen LogP) is 4.59. The van der Waals surface area contributed by atoms with Gasteiger partial charge in [-0.2, -0.15) is 0 Å². The summed E-state index contributed by atoms with van der Waals surface area (Å²) in [5, 5.41) is 11.1. The van der Waals surface area contributed by atoms with Crippen molar-refractivity contribution in [2.45, 2.75) is 26.2 Å². The van der Waals surface area contributed by atoms with Gasteiger partial charge in [0.25, 0.3) is 5.91 Å². The van der Waals surface area contributed by atoms with E-state index in [0.717, 1.165) is 12.0 Å². The summed E-state index contributed by atoms with van der Waals surface area (Å²) in [4.78, 5) is 32.8. The van der Waals surface area contributed by atoms with E-state index in [-0.39, 0.29) is 23.5 Å². The van der Waals surface area contributed by atoms with E-state index in [1.807, 2.05) is 6.92 Å². The molecule has 8 heteroatoms. The third kappa shape index (κ3) is 4.87. The lowest BCUT2D eigenvalue weighted by molar-refractivity contribution is -0.118. The van der Waals surface area contributed by atoms with Gasteiger partial charge in [0.1, 0.15) is 23.0 Å². The predicted molar refractivity (Wildman–Crippen MR) is 113 cm³/mol. The SMILES string of the molecule is CCCC(=O)Cc1ccc(Oc2ccnc3cc(O)c(C(=O)NOC)cc23)cc1Cl. The normalized spacial score (nSPS) is 10.8. The van der Waals surface area contributed by atoms with Crippen LogP contribution in [0.5, 0.6) is 17.2 Å². The maximum absolute atomic E-state index is 12.1. The maximum Gasteiger partial charge on any atom is 0.278 e. The number of aromatic nitrogens is 1. The van der Waals surface area contributed by atoms with Gasteiger partial charge in [-0.1, -0.05) is 24.6 Å². The molecule has 0 aliphatic carbocycles. The Kier molecular flexibility index (Phi) is 6.87. The number of amides is 1. The number of phenolic OH excluding ortho intramolecular Hbond substituents is 1. The molecule has 0 saturated heterocycles. The van der Waals surface area contributed by atoms with E-state index in [0.29, 0.717) is 33.8 Å². The van der Waals surface area contributed by atoms with Crippen LogP contribution in [0.1, 0.15) is 35.7 Å². The Labute approximate surface area is 178 Å². The van der Waals surface area contributed by atoms with Crippen molar-refractivity contribution >= 4 is 34.2 Å². The van der Waals surface area contributed by atoms with Gasteiger partial charge in [-0.3, -0.25) is 19.4 Å². The molecule has 156 valence electrons. The fraction of sp³-hybridized carbons (Fsp3) is 0.227. The summed E-state index contributed by atoms with van der Waals surface area (Å²) >= 11 is 6.34. The number of hydroxylamine groups is 1. The van der Waals surface area contributed by atoms with Crippen LogP contribution in [0.2, 0.25) is 5.02 Å². The summed E-state index contributed by atoms with van der Waals surface area (Å²) in [6.07, 6.45) is 3.13. The summed E-state index contributed by atoms with van der Waals surface area (Å²) < 4.78 is 5.96. The number of ketones is 1. The molecule has 0 bridgehead atoms. The van der Waals surface area contributed by atoms with Gasteiger partial charge in [0, 0.05) is 35.5 Å². The van der Waals surface area contributed by atoms with Crippen molar-refractivity contribution < 1.29 is 24.3 Å². The summed E-state index contributed by atoms with van der Waals surface area (Å²) in [7, 11) is 1.30. The number of nitrogens with one attached hydrogen (secondary N) is 1. The topological polar surface area (TPSA) is 97.8 Å². The number of hydrogen-bond donors (Lipinski definition) is 2. The Morgan fingerprint density at radius 3 is 2.70 bits per heavy atom. The van der Waals surface area contributed by atoms with Crippen LogP contribution in [0.4, 0.5) is 0 Å². The number of ether oxygens (including phenoxy) is 1. The first-order chi connectivity index (χ1) is 14.4. The van der Waals surface area contributed by atoms with E-state index >= 15 is 0 Å². The van der Waals surface area contributed by atoms with Crippen LogP contribution in [-0.4, -0.2) is 28.9 Å². The Hall–Kier alpha value is -3.16. The third-order valence-electron chi connectivity index (χ3n) is 4.43. The number of benzene rings is 2. The zero-order chi connectivity index (χ0) is 21.7. The molecular weight excluding hydrogens is 408 g/mol. The Morgan fingerprint density at radius 1 is 1.20 bits per heavy atom. The molecule has 0 aliphatic rings. The molecule has 0 aliphatic heterocycles. The highest BCUT2D eigenvalue weighted by Gasteiger charge is 2.16. The van der Waals surface area contributed by atoms with Crippen LogP contribution < -0.4 is 10.2 Å². The molecule has 0 unspecified atom stereocenters. The maximum atomic E-state index is 12.1. The highest BCUT2D eigenvalue weighted by Crippen LogP contribution is 2.34. The number of pyridine rings is 1. The second kappa shape index (κ2) is 9.56. The minimum Gasteiger partial charge on any atom is -0.507 e. The standard InChI is InChI=1S/C22H21ClN2O5/c1-3-4-14(26)9-13-5-6-15(10-18(13)23)30-21-7-8-24-19-12-20(27)17(11-16(19)21)22(28)25-29-2/h5-8,10-12,27H,3-4,9H2,1-2H3,(H,25,28). The molecule has 0 saturated carbocycles. The largest absolute Gasteiger partial charge is 0.507 e. The highest BCUT2D eigenvalue weighted by atomic mass is 35.5. The number of carbonyl (C=O) groups is 2. The van der Waals surface area contributed by atoms with Crippen LogP contribution in [0.3, 0.4) is 0 Å². The average Bonchev–Trinajstić information content (AvgIpc) is 2.70. The summed E-state index contributed by atoms with van der Waals surface area (Å²) in [6.45, 7) is 1.96. The van der Waals surface area contributed by atoms with Crippen LogP contribution in [0, 0.1) is 0 Å². The van der Waals surface area contributed by atoms with Gasteiger partial charge in [-0.15, -0.1) is 0 Å². The fourth-order valence-corrected chi connectivity index (χ4v) is 3.25. The number of Topliss-reactive ketones (excluding diaryl/α,β-unsaturated/α-hetero) is 1. The molecule has 3 aromatic rings. The van der Waals surface area contributed by atoms with E-state index < -0.39 is 5.91 Å². The first-order valence-electron chi connectivity index (χ1n) is 9.36. The molecule has 1 amide bonds. The van der Waals surface area contributed by atoms with Crippen molar-refractivity contribution in [2.75, 3.05) is 7.11 Å². The molecule has 1 heterocycles. The van der Waals surface area contributed by atoms with Crippen molar-refractivity contribution in [3.63, 3.8) is 0 Å². The number of phenols is 1. The van der Waals surface area contributed by atoms with E-state index in [4.69, 9.17) is 16.3 Å². The quantitative estimate of drug-likeness (QED) is 0.509. The van der Waals surface area contributed by atoms with E-state index in [2.05, 4.69) is 15.3 Å². The monoisotopic (exact) mass is 428 g/mol. The van der Waals surface area contributed by atoms with Crippen LogP contribution in [0.15, 0.2) is 42.6 Å². The minimum atomic E-state index is -0.601. The lowest BCUT2D eigenvalue weighted by Crippen LogP contribution is -2.21. The number of rotatable bonds is 8. The lowest BCUT2D eigenvalue weighted by atomic mass is 10.1. The first-order valence-corrected chi connectivity index (χ1v) is 9.73. The lowest BCUT2D eigenvalue weighted by Gasteiger charge is -2.12. The molecule has 2 aromatic carbocycles. The van der Waals surface area contributed by atoms with Crippen molar-refractivity contribution in [1.82, 2.24) is 10.5 Å². The Balaban J connectivity index is 1.92. The molecule has 30 heavy (non-hydrogen) atoms. The molecule has 7 nitrogen and oxygen atoms in total. The van der Waals surface area contributed by atoms with Crippen LogP contribution in [0.25, 0.3) is 10.9 Å². The second-order valence-electron chi connectivity index (χ2n) is 6.65. The summed E-state index contributed by atoms with van der Waals surface area (Å²) in [6, 6.07) is 9.62. The Morgan fingerprint density at radius 2 is 2.00 bits per heavy atom. The van der Waals surface area contributed by atoms with Crippen LogP contribution in [-0.2, 0) is 16.1 Å². The van der Waals surface area contributed by atoms with Crippen molar-refractivity contribution in [3.8, 4) is 17.2 Å². The zero-order valence-corrected chi connectivity index (χ0v) is 17.3. The van der Waals surface area contributed by atoms with E-state index in [1.165, 1.54) is 25.4 Å². The van der Waals surface area contributed by atoms with Gasteiger partial charge < -0.3 is 9.84 Å². The summed E-state index contributed by atoms with van der Waals surface area (Å²) in [5.74, 6) is 0.198. The van der Waals surface area contributed by atoms with Gasteiger partial charge >= 0.3 is 0 Å². The second-order valence-corrected chi connectivity index (χ2v) is 7.06. The Bertz CT molecular complexity index is 1100. The summed E-state index contributed by atoms with van der Waals surface area (Å²) in [5.41, 5.74) is 3.38. The molecule has 0 radical (unpaired) electrons. The number of halogens is 1. The fourth-order valence-electron chi connectivity index (χ4n) is 3.02. The zero-order valence-electron chi connectivity index (χ0n) is 16.6. The number of fused-ring (bicyclic) bond motifs is 1. The van der Waals surface area contributed by atoms with Crippen LogP contribution >= 0.6 is 11.6 Å².